The third-order valence-corrected chi connectivity index (χ3v) is 4.11. The maximum absolute atomic E-state index is 11.8. The fourth-order valence-corrected chi connectivity index (χ4v) is 2.65. The van der Waals surface area contributed by atoms with Gasteiger partial charge in [0.25, 0.3) is 0 Å². The van der Waals surface area contributed by atoms with E-state index in [9.17, 15) is 4.79 Å². The number of nitrogens with zero attached hydrogens (tertiary/aromatic N) is 1. The zero-order valence-corrected chi connectivity index (χ0v) is 15.5. The van der Waals surface area contributed by atoms with Gasteiger partial charge in [-0.1, -0.05) is 31.4 Å². The van der Waals surface area contributed by atoms with E-state index in [1.165, 1.54) is 19.3 Å². The molecule has 2 N–H and O–H groups in total. The Hall–Kier alpha value is -1.13. The van der Waals surface area contributed by atoms with E-state index in [1.807, 2.05) is 12.2 Å². The van der Waals surface area contributed by atoms with Gasteiger partial charge >= 0.3 is 0 Å². The van der Waals surface area contributed by atoms with E-state index in [-0.39, 0.29) is 12.5 Å². The Kier molecular flexibility index (Phi) is 17.4. The predicted molar refractivity (Wildman–Crippen MR) is 103 cm³/mol. The fourth-order valence-electron chi connectivity index (χ4n) is 2.65. The summed E-state index contributed by atoms with van der Waals surface area (Å²) in [6, 6.07) is 0. The largest absolute Gasteiger partial charge is 0.395 e. The van der Waals surface area contributed by atoms with Crippen LogP contribution in [0.1, 0.15) is 64.2 Å². The molecule has 0 aliphatic rings. The molecule has 0 aromatic rings. The molecule has 0 fully saturated rings. The Bertz CT molecular complexity index is 319. The standard InChI is InChI=1S/C20H38N2O2/c1-3-5-7-9-11-13-16-22(18-19-23)17-15-21-20(24)14-12-10-8-6-4-2/h3-4,23H,1-2,5-19H2,(H,21,24). The van der Waals surface area contributed by atoms with Gasteiger partial charge in [0.05, 0.1) is 6.61 Å². The third kappa shape index (κ3) is 15.8. The van der Waals surface area contributed by atoms with Crippen molar-refractivity contribution in [3.05, 3.63) is 25.3 Å². The molecule has 0 aromatic carbocycles. The minimum Gasteiger partial charge on any atom is -0.395 e. The lowest BCUT2D eigenvalue weighted by atomic mass is 10.1. The van der Waals surface area contributed by atoms with Crippen molar-refractivity contribution in [3.8, 4) is 0 Å². The molecule has 0 atom stereocenters. The zero-order chi connectivity index (χ0) is 17.9. The van der Waals surface area contributed by atoms with Gasteiger partial charge in [0.15, 0.2) is 0 Å². The first-order chi connectivity index (χ1) is 11.7. The SMILES string of the molecule is C=CCCCCCCN(CCO)CCNC(=O)CCCCCC=C. The summed E-state index contributed by atoms with van der Waals surface area (Å²) in [5, 5.41) is 12.1. The highest BCUT2D eigenvalue weighted by molar-refractivity contribution is 5.75. The summed E-state index contributed by atoms with van der Waals surface area (Å²) >= 11 is 0. The summed E-state index contributed by atoms with van der Waals surface area (Å²) < 4.78 is 0. The second-order valence-corrected chi connectivity index (χ2v) is 6.29. The van der Waals surface area contributed by atoms with Gasteiger partial charge in [-0.15, -0.1) is 13.2 Å². The molecule has 24 heavy (non-hydrogen) atoms. The summed E-state index contributed by atoms with van der Waals surface area (Å²) in [5.41, 5.74) is 0. The van der Waals surface area contributed by atoms with Crippen molar-refractivity contribution in [2.75, 3.05) is 32.8 Å². The van der Waals surface area contributed by atoms with Crippen LogP contribution in [0.2, 0.25) is 0 Å². The lowest BCUT2D eigenvalue weighted by Gasteiger charge is -2.21. The number of aliphatic hydroxyl groups excluding tert-OH is 1. The number of carbonyl (C=O) groups excluding carboxylic acids is 1. The molecular weight excluding hydrogens is 300 g/mol. The highest BCUT2D eigenvalue weighted by Gasteiger charge is 2.05. The average molecular weight is 339 g/mol. The van der Waals surface area contributed by atoms with Gasteiger partial charge in [-0.2, -0.15) is 0 Å². The summed E-state index contributed by atoms with van der Waals surface area (Å²) in [6.45, 7) is 10.8. The van der Waals surface area contributed by atoms with Gasteiger partial charge in [-0.25, -0.2) is 0 Å². The zero-order valence-electron chi connectivity index (χ0n) is 15.5. The lowest BCUT2D eigenvalue weighted by molar-refractivity contribution is -0.121. The highest BCUT2D eigenvalue weighted by atomic mass is 16.3. The van der Waals surface area contributed by atoms with Crippen LogP contribution in [0.15, 0.2) is 25.3 Å². The third-order valence-electron chi connectivity index (χ3n) is 4.11. The first-order valence-electron chi connectivity index (χ1n) is 9.56. The van der Waals surface area contributed by atoms with Gasteiger partial charge in [0.1, 0.15) is 0 Å². The highest BCUT2D eigenvalue weighted by Crippen LogP contribution is 2.05. The van der Waals surface area contributed by atoms with Gasteiger partial charge in [0, 0.05) is 26.1 Å². The number of hydrogen-bond donors (Lipinski definition) is 2. The Morgan fingerprint density at radius 3 is 2.12 bits per heavy atom. The quantitative estimate of drug-likeness (QED) is 0.296. The van der Waals surface area contributed by atoms with E-state index in [0.717, 1.165) is 51.6 Å². The van der Waals surface area contributed by atoms with Crippen molar-refractivity contribution >= 4 is 5.91 Å². The molecule has 140 valence electrons. The molecule has 0 rings (SSSR count). The lowest BCUT2D eigenvalue weighted by Crippen LogP contribution is -2.36. The summed E-state index contributed by atoms with van der Waals surface area (Å²) in [7, 11) is 0. The molecule has 0 aliphatic heterocycles. The molecule has 0 radical (unpaired) electrons. The minimum absolute atomic E-state index is 0.141. The van der Waals surface area contributed by atoms with E-state index < -0.39 is 0 Å². The summed E-state index contributed by atoms with van der Waals surface area (Å²) in [6.07, 6.45) is 14.6. The normalized spacial score (nSPS) is 10.8. The monoisotopic (exact) mass is 338 g/mol. The summed E-state index contributed by atoms with van der Waals surface area (Å²) in [4.78, 5) is 14.0. The second kappa shape index (κ2) is 18.2. The molecule has 4 heteroatoms. The van der Waals surface area contributed by atoms with E-state index in [2.05, 4.69) is 23.4 Å². The molecule has 0 aromatic heterocycles. The van der Waals surface area contributed by atoms with Crippen LogP contribution in [0.5, 0.6) is 0 Å². The molecule has 0 spiro atoms. The van der Waals surface area contributed by atoms with Crippen molar-refractivity contribution in [1.29, 1.82) is 0 Å². The molecule has 0 aliphatic carbocycles. The molecule has 0 saturated carbocycles. The van der Waals surface area contributed by atoms with Crippen LogP contribution in [0.25, 0.3) is 0 Å². The number of allylic oxidation sites excluding steroid dienone is 2. The molecular formula is C20H38N2O2. The van der Waals surface area contributed by atoms with E-state index >= 15 is 0 Å². The molecule has 0 heterocycles. The number of carbonyl (C=O) groups is 1. The van der Waals surface area contributed by atoms with Crippen molar-refractivity contribution in [2.45, 2.75) is 64.2 Å². The number of hydrogen-bond acceptors (Lipinski definition) is 3. The fraction of sp³-hybridized carbons (Fsp3) is 0.750. The van der Waals surface area contributed by atoms with Gasteiger partial charge < -0.3 is 10.4 Å². The maximum atomic E-state index is 11.8. The molecule has 1 amide bonds. The van der Waals surface area contributed by atoms with E-state index in [4.69, 9.17) is 5.11 Å². The van der Waals surface area contributed by atoms with Crippen LogP contribution in [0.3, 0.4) is 0 Å². The van der Waals surface area contributed by atoms with Crippen LogP contribution < -0.4 is 5.32 Å². The number of rotatable bonds is 18. The van der Waals surface area contributed by atoms with Crippen molar-refractivity contribution < 1.29 is 9.90 Å². The van der Waals surface area contributed by atoms with Crippen LogP contribution >= 0.6 is 0 Å². The average Bonchev–Trinajstić information content (AvgIpc) is 2.57. The van der Waals surface area contributed by atoms with Crippen LogP contribution in [-0.4, -0.2) is 48.7 Å². The van der Waals surface area contributed by atoms with Crippen LogP contribution in [-0.2, 0) is 4.79 Å². The number of aliphatic hydroxyl groups is 1. The Morgan fingerprint density at radius 2 is 1.50 bits per heavy atom. The molecule has 4 nitrogen and oxygen atoms in total. The first kappa shape index (κ1) is 22.9. The number of nitrogens with one attached hydrogen (secondary N) is 1. The molecule has 0 unspecified atom stereocenters. The number of amides is 1. The topological polar surface area (TPSA) is 52.6 Å². The van der Waals surface area contributed by atoms with Crippen molar-refractivity contribution in [1.82, 2.24) is 10.2 Å². The molecule has 0 bridgehead atoms. The molecule has 0 saturated heterocycles. The van der Waals surface area contributed by atoms with Crippen molar-refractivity contribution in [3.63, 3.8) is 0 Å². The van der Waals surface area contributed by atoms with Gasteiger partial charge in [-0.3, -0.25) is 9.69 Å². The van der Waals surface area contributed by atoms with Crippen LogP contribution in [0, 0.1) is 0 Å². The Morgan fingerprint density at radius 1 is 0.875 bits per heavy atom. The van der Waals surface area contributed by atoms with Crippen LogP contribution in [0.4, 0.5) is 0 Å². The van der Waals surface area contributed by atoms with Gasteiger partial charge in [-0.05, 0) is 45.1 Å². The Labute approximate surface area is 149 Å². The number of unbranched alkanes of at least 4 members (excludes halogenated alkanes) is 7. The predicted octanol–water partition coefficient (Wildman–Crippen LogP) is 3.67. The van der Waals surface area contributed by atoms with E-state index in [0.29, 0.717) is 19.5 Å². The van der Waals surface area contributed by atoms with Crippen molar-refractivity contribution in [2.24, 2.45) is 0 Å². The summed E-state index contributed by atoms with van der Waals surface area (Å²) in [5.74, 6) is 0.141. The maximum Gasteiger partial charge on any atom is 0.220 e. The first-order valence-corrected chi connectivity index (χ1v) is 9.56. The smallest absolute Gasteiger partial charge is 0.220 e. The van der Waals surface area contributed by atoms with E-state index in [1.54, 1.807) is 0 Å². The second-order valence-electron chi connectivity index (χ2n) is 6.29. The minimum atomic E-state index is 0.141. The van der Waals surface area contributed by atoms with Gasteiger partial charge in [0.2, 0.25) is 5.91 Å². The Balaban J connectivity index is 3.66.